The van der Waals surface area contributed by atoms with Crippen LogP contribution < -0.4 is 0 Å². The van der Waals surface area contributed by atoms with E-state index in [9.17, 15) is 0 Å². The molecule has 6 aromatic carbocycles. The second kappa shape index (κ2) is 8.48. The van der Waals surface area contributed by atoms with Gasteiger partial charge in [0.1, 0.15) is 11.2 Å². The number of pyridine rings is 2. The number of fused-ring (bicyclic) bond motifs is 9. The van der Waals surface area contributed by atoms with Crippen molar-refractivity contribution < 1.29 is 4.42 Å². The first-order valence-corrected chi connectivity index (χ1v) is 13.8. The Hall–Kier alpha value is -5.54. The highest BCUT2D eigenvalue weighted by Crippen LogP contribution is 2.38. The average molecular weight is 523 g/mol. The number of para-hydroxylation sites is 1. The average Bonchev–Trinajstić information content (AvgIpc) is 3.43. The van der Waals surface area contributed by atoms with E-state index < -0.39 is 0 Å². The third-order valence-corrected chi connectivity index (χ3v) is 8.30. The normalized spacial score (nSPS) is 11.9. The maximum atomic E-state index is 6.29. The quantitative estimate of drug-likeness (QED) is 0.212. The van der Waals surface area contributed by atoms with Crippen LogP contribution in [0.3, 0.4) is 0 Å². The van der Waals surface area contributed by atoms with Crippen LogP contribution in [0.25, 0.3) is 87.7 Å². The second-order valence-electron chi connectivity index (χ2n) is 10.6. The van der Waals surface area contributed by atoms with Crippen molar-refractivity contribution in [3.8, 4) is 22.4 Å². The van der Waals surface area contributed by atoms with Crippen LogP contribution in [0.5, 0.6) is 0 Å². The maximum absolute atomic E-state index is 6.29. The molecule has 41 heavy (non-hydrogen) atoms. The Labute approximate surface area is 235 Å². The van der Waals surface area contributed by atoms with Crippen LogP contribution in [0, 0.1) is 0 Å². The van der Waals surface area contributed by atoms with Crippen LogP contribution in [0.2, 0.25) is 0 Å². The molecule has 0 bridgehead atoms. The van der Waals surface area contributed by atoms with Crippen molar-refractivity contribution in [3.63, 3.8) is 0 Å². The summed E-state index contributed by atoms with van der Waals surface area (Å²) in [5.74, 6) is 0. The minimum Gasteiger partial charge on any atom is -0.455 e. The monoisotopic (exact) mass is 522 g/mol. The summed E-state index contributed by atoms with van der Waals surface area (Å²) in [5, 5.41) is 9.17. The lowest BCUT2D eigenvalue weighted by molar-refractivity contribution is 0.672. The predicted octanol–water partition coefficient (Wildman–Crippen LogP) is 10.3. The lowest BCUT2D eigenvalue weighted by Gasteiger charge is -2.12. The molecule has 9 aromatic rings. The zero-order valence-electron chi connectivity index (χ0n) is 22.0. The first-order valence-electron chi connectivity index (χ1n) is 13.8. The Morgan fingerprint density at radius 3 is 2.12 bits per heavy atom. The molecule has 3 heteroatoms. The summed E-state index contributed by atoms with van der Waals surface area (Å²) in [6.45, 7) is 0. The molecule has 0 aliphatic heterocycles. The van der Waals surface area contributed by atoms with Crippen molar-refractivity contribution in [1.82, 2.24) is 9.97 Å². The highest BCUT2D eigenvalue weighted by molar-refractivity contribution is 6.16. The molecule has 9 rings (SSSR count). The lowest BCUT2D eigenvalue weighted by atomic mass is 9.93. The number of nitrogens with zero attached hydrogens (tertiary/aromatic N) is 2. The van der Waals surface area contributed by atoms with Gasteiger partial charge in [-0.1, -0.05) is 91.0 Å². The minimum atomic E-state index is 0.923. The van der Waals surface area contributed by atoms with E-state index in [0.29, 0.717) is 0 Å². The van der Waals surface area contributed by atoms with Crippen LogP contribution in [-0.4, -0.2) is 9.97 Å². The first kappa shape index (κ1) is 22.3. The van der Waals surface area contributed by atoms with Crippen LogP contribution in [0.4, 0.5) is 0 Å². The predicted molar refractivity (Wildman–Crippen MR) is 170 cm³/mol. The molecule has 0 N–H and O–H groups in total. The molecule has 0 amide bonds. The van der Waals surface area contributed by atoms with E-state index in [1.165, 1.54) is 21.9 Å². The van der Waals surface area contributed by atoms with E-state index in [2.05, 4.69) is 114 Å². The maximum Gasteiger partial charge on any atom is 0.143 e. The molecule has 0 atom stereocenters. The van der Waals surface area contributed by atoms with E-state index >= 15 is 0 Å². The Kier molecular flexibility index (Phi) is 4.61. The molecule has 0 unspecified atom stereocenters. The number of hydrogen-bond acceptors (Lipinski definition) is 3. The van der Waals surface area contributed by atoms with Crippen LogP contribution >= 0.6 is 0 Å². The highest BCUT2D eigenvalue weighted by Gasteiger charge is 2.14. The number of benzene rings is 6. The SMILES string of the molecule is c1cnc2c(c1)ccc1ccc(-c3cccc4c(-c5ccc6c(ccc7c8ccccc8oc67)c5)cccc34)nc12. The van der Waals surface area contributed by atoms with Gasteiger partial charge in [-0.15, -0.1) is 0 Å². The molecule has 0 fully saturated rings. The van der Waals surface area contributed by atoms with E-state index in [0.717, 1.165) is 65.8 Å². The fourth-order valence-electron chi connectivity index (χ4n) is 6.34. The standard InChI is InChI=1S/C38H22N2O/c1-2-12-35-32(7-1)33-19-16-26-22-25(15-18-28(26)38(33)41-35)27-8-3-10-30-29(27)9-4-11-31(30)34-20-17-24-14-13-23-6-5-21-39-36(23)37(24)40-34/h1-22H. The van der Waals surface area contributed by atoms with Gasteiger partial charge >= 0.3 is 0 Å². The summed E-state index contributed by atoms with van der Waals surface area (Å²) in [6, 6.07) is 44.9. The molecule has 0 saturated heterocycles. The van der Waals surface area contributed by atoms with Gasteiger partial charge in [-0.2, -0.15) is 0 Å². The number of furan rings is 1. The second-order valence-corrected chi connectivity index (χ2v) is 10.6. The molecule has 190 valence electrons. The van der Waals surface area contributed by atoms with Gasteiger partial charge in [0.2, 0.25) is 0 Å². The molecule has 3 aromatic heterocycles. The van der Waals surface area contributed by atoms with Crippen molar-refractivity contribution >= 4 is 65.3 Å². The molecule has 0 radical (unpaired) electrons. The third kappa shape index (κ3) is 3.33. The zero-order valence-corrected chi connectivity index (χ0v) is 22.0. The van der Waals surface area contributed by atoms with Gasteiger partial charge in [-0.3, -0.25) is 4.98 Å². The highest BCUT2D eigenvalue weighted by atomic mass is 16.3. The Balaban J connectivity index is 1.22. The Morgan fingerprint density at radius 1 is 0.463 bits per heavy atom. The summed E-state index contributed by atoms with van der Waals surface area (Å²) in [5.41, 5.74) is 8.17. The van der Waals surface area contributed by atoms with Crippen LogP contribution in [-0.2, 0) is 0 Å². The third-order valence-electron chi connectivity index (χ3n) is 8.30. The van der Waals surface area contributed by atoms with Gasteiger partial charge in [0.05, 0.1) is 16.7 Å². The fourth-order valence-corrected chi connectivity index (χ4v) is 6.34. The Morgan fingerprint density at radius 2 is 1.20 bits per heavy atom. The molecule has 3 nitrogen and oxygen atoms in total. The fraction of sp³-hybridized carbons (Fsp3) is 0. The topological polar surface area (TPSA) is 38.9 Å². The van der Waals surface area contributed by atoms with Gasteiger partial charge in [-0.25, -0.2) is 4.98 Å². The van der Waals surface area contributed by atoms with Gasteiger partial charge < -0.3 is 4.42 Å². The Bertz CT molecular complexity index is 2490. The number of rotatable bonds is 2. The largest absolute Gasteiger partial charge is 0.455 e. The minimum absolute atomic E-state index is 0.923. The van der Waals surface area contributed by atoms with E-state index in [-0.39, 0.29) is 0 Å². The molecule has 0 saturated carbocycles. The molecular formula is C38H22N2O. The number of aromatic nitrogens is 2. The van der Waals surface area contributed by atoms with Crippen molar-refractivity contribution in [2.24, 2.45) is 0 Å². The van der Waals surface area contributed by atoms with Crippen molar-refractivity contribution in [1.29, 1.82) is 0 Å². The summed E-state index contributed by atoms with van der Waals surface area (Å²) < 4.78 is 6.29. The molecule has 0 aliphatic carbocycles. The van der Waals surface area contributed by atoms with Crippen molar-refractivity contribution in [3.05, 3.63) is 134 Å². The van der Waals surface area contributed by atoms with Crippen LogP contribution in [0.1, 0.15) is 0 Å². The van der Waals surface area contributed by atoms with E-state index in [4.69, 9.17) is 9.40 Å². The van der Waals surface area contributed by atoms with Gasteiger partial charge in [0.15, 0.2) is 0 Å². The summed E-state index contributed by atoms with van der Waals surface area (Å²) in [6.07, 6.45) is 1.84. The van der Waals surface area contributed by atoms with Crippen LogP contribution in [0.15, 0.2) is 138 Å². The molecule has 0 spiro atoms. The van der Waals surface area contributed by atoms with Crippen molar-refractivity contribution in [2.75, 3.05) is 0 Å². The number of hydrogen-bond donors (Lipinski definition) is 0. The summed E-state index contributed by atoms with van der Waals surface area (Å²) in [4.78, 5) is 9.79. The van der Waals surface area contributed by atoms with Gasteiger partial charge in [0, 0.05) is 38.7 Å². The van der Waals surface area contributed by atoms with Gasteiger partial charge in [0.25, 0.3) is 0 Å². The molecular weight excluding hydrogens is 500 g/mol. The van der Waals surface area contributed by atoms with E-state index in [1.54, 1.807) is 0 Å². The summed E-state index contributed by atoms with van der Waals surface area (Å²) >= 11 is 0. The van der Waals surface area contributed by atoms with Gasteiger partial charge in [-0.05, 0) is 63.7 Å². The van der Waals surface area contributed by atoms with E-state index in [1.807, 2.05) is 24.4 Å². The molecule has 0 aliphatic rings. The lowest BCUT2D eigenvalue weighted by Crippen LogP contribution is -1.90. The first-order chi connectivity index (χ1) is 20.3. The van der Waals surface area contributed by atoms with Crippen molar-refractivity contribution in [2.45, 2.75) is 0 Å². The smallest absolute Gasteiger partial charge is 0.143 e. The summed E-state index contributed by atoms with van der Waals surface area (Å²) in [7, 11) is 0. The zero-order chi connectivity index (χ0) is 26.9. The molecule has 3 heterocycles.